The summed E-state index contributed by atoms with van der Waals surface area (Å²) in [4.78, 5) is 11.2. The number of hydrogen-bond acceptors (Lipinski definition) is 4. The van der Waals surface area contributed by atoms with Crippen LogP contribution in [0.25, 0.3) is 0 Å². The second kappa shape index (κ2) is 11.5. The van der Waals surface area contributed by atoms with Crippen molar-refractivity contribution >= 4 is 18.4 Å². The van der Waals surface area contributed by atoms with Crippen LogP contribution in [0.3, 0.4) is 0 Å². The van der Waals surface area contributed by atoms with Crippen molar-refractivity contribution in [1.82, 2.24) is 6.15 Å². The van der Waals surface area contributed by atoms with E-state index >= 15 is 0 Å². The van der Waals surface area contributed by atoms with Gasteiger partial charge < -0.3 is 16.6 Å². The smallest absolute Gasteiger partial charge is 0.333 e. The second-order valence-electron chi connectivity index (χ2n) is 3.22. The third-order valence-corrected chi connectivity index (χ3v) is 1.92. The van der Waals surface area contributed by atoms with E-state index in [-0.39, 0.29) is 24.5 Å². The van der Waals surface area contributed by atoms with Crippen LogP contribution in [-0.2, 0) is 9.53 Å². The highest BCUT2D eigenvalue weighted by Gasteiger charge is 2.10. The van der Waals surface area contributed by atoms with E-state index in [4.69, 9.17) is 5.73 Å². The Kier molecular flexibility index (Phi) is 15.3. The van der Waals surface area contributed by atoms with E-state index in [1.165, 1.54) is 7.11 Å². The third-order valence-electron chi connectivity index (χ3n) is 1.92. The summed E-state index contributed by atoms with van der Waals surface area (Å²) in [6, 6.07) is 0. The normalized spacial score (nSPS) is 8.27. The summed E-state index contributed by atoms with van der Waals surface area (Å²) < 4.78 is 4.68. The number of carbonyl (C=O) groups is 1. The van der Waals surface area contributed by atoms with Crippen LogP contribution < -0.4 is 11.9 Å². The average molecular weight is 239 g/mol. The van der Waals surface area contributed by atoms with E-state index in [1.807, 2.05) is 13.8 Å². The van der Waals surface area contributed by atoms with Crippen LogP contribution >= 0.6 is 12.4 Å². The van der Waals surface area contributed by atoms with E-state index in [2.05, 4.69) is 4.74 Å². The Balaban J connectivity index is -0.000000720. The Labute approximate surface area is 98.2 Å². The molecule has 5 heteroatoms. The molecule has 0 fully saturated rings. The molecule has 0 aliphatic heterocycles. The Morgan fingerprint density at radius 3 is 2.13 bits per heavy atom. The van der Waals surface area contributed by atoms with Crippen molar-refractivity contribution < 1.29 is 9.53 Å². The van der Waals surface area contributed by atoms with Crippen LogP contribution in [0.2, 0.25) is 0 Å². The minimum atomic E-state index is -0.211. The topological polar surface area (TPSA) is 87.3 Å². The number of carbonyl (C=O) groups excluding carboxylic acids is 1. The first kappa shape index (κ1) is 19.9. The molecule has 0 saturated carbocycles. The molecule has 0 heterocycles. The van der Waals surface area contributed by atoms with E-state index in [0.717, 1.165) is 30.4 Å². The van der Waals surface area contributed by atoms with Gasteiger partial charge in [0.2, 0.25) is 0 Å². The molecule has 92 valence electrons. The van der Waals surface area contributed by atoms with Gasteiger partial charge in [-0.2, -0.15) is 0 Å². The third kappa shape index (κ3) is 8.42. The van der Waals surface area contributed by atoms with Gasteiger partial charge in [-0.1, -0.05) is 5.57 Å². The summed E-state index contributed by atoms with van der Waals surface area (Å²) in [6.07, 6.45) is 2.67. The number of methoxy groups -OCH3 is 1. The fraction of sp³-hybridized carbons (Fsp3) is 0.700. The Bertz CT molecular complexity index is 202. The highest BCUT2D eigenvalue weighted by molar-refractivity contribution is 5.89. The molecular weight excluding hydrogens is 216 g/mol. The maximum absolute atomic E-state index is 11.2. The molecule has 5 N–H and O–H groups in total. The highest BCUT2D eigenvalue weighted by atomic mass is 35.5. The van der Waals surface area contributed by atoms with Crippen LogP contribution in [0.15, 0.2) is 11.1 Å². The second-order valence-corrected chi connectivity index (χ2v) is 3.22. The summed E-state index contributed by atoms with van der Waals surface area (Å²) in [7, 11) is 1.41. The first-order valence-corrected chi connectivity index (χ1v) is 4.58. The van der Waals surface area contributed by atoms with E-state index in [9.17, 15) is 4.79 Å². The maximum atomic E-state index is 11.2. The van der Waals surface area contributed by atoms with Crippen molar-refractivity contribution in [2.24, 2.45) is 5.73 Å². The molecule has 0 aromatic heterocycles. The number of hydrogen-bond donors (Lipinski definition) is 2. The molecule has 0 aliphatic rings. The molecule has 4 nitrogen and oxygen atoms in total. The largest absolute Gasteiger partial charge is 0.466 e. The predicted octanol–water partition coefficient (Wildman–Crippen LogP) is 2.21. The molecule has 0 spiro atoms. The Morgan fingerprint density at radius 1 is 1.27 bits per heavy atom. The first-order chi connectivity index (χ1) is 6.13. The molecule has 0 aromatic carbocycles. The van der Waals surface area contributed by atoms with Gasteiger partial charge in [0.05, 0.1) is 7.11 Å². The maximum Gasteiger partial charge on any atom is 0.333 e. The van der Waals surface area contributed by atoms with Gasteiger partial charge in [-0.15, -0.1) is 12.4 Å². The van der Waals surface area contributed by atoms with Gasteiger partial charge in [0.25, 0.3) is 0 Å². The number of rotatable bonds is 5. The van der Waals surface area contributed by atoms with Crippen molar-refractivity contribution in [1.29, 1.82) is 0 Å². The van der Waals surface area contributed by atoms with Gasteiger partial charge in [-0.25, -0.2) is 4.79 Å². The quantitative estimate of drug-likeness (QED) is 0.437. The van der Waals surface area contributed by atoms with Crippen LogP contribution in [0.5, 0.6) is 0 Å². The SMILES string of the molecule is COC(=O)C(CCCCN)=C(C)C.Cl.N. The average Bonchev–Trinajstić information content (AvgIpc) is 2.11. The van der Waals surface area contributed by atoms with Gasteiger partial charge in [0.1, 0.15) is 0 Å². The summed E-state index contributed by atoms with van der Waals surface area (Å²) in [5.41, 5.74) is 7.19. The van der Waals surface area contributed by atoms with Gasteiger partial charge in [0.15, 0.2) is 0 Å². The molecule has 0 rings (SSSR count). The molecule has 0 saturated heterocycles. The van der Waals surface area contributed by atoms with Crippen molar-refractivity contribution in [3.63, 3.8) is 0 Å². The molecule has 0 unspecified atom stereocenters. The Hall–Kier alpha value is -0.580. The standard InChI is InChI=1S/C10H19NO2.ClH.H3N/c1-8(2)9(10(12)13-3)6-4-5-7-11;;/h4-7,11H2,1-3H3;1H;1H3. The lowest BCUT2D eigenvalue weighted by Crippen LogP contribution is -2.07. The lowest BCUT2D eigenvalue weighted by molar-refractivity contribution is -0.136. The molecule has 15 heavy (non-hydrogen) atoms. The summed E-state index contributed by atoms with van der Waals surface area (Å²) in [6.45, 7) is 4.53. The number of allylic oxidation sites excluding steroid dienone is 1. The number of halogens is 1. The number of esters is 1. The predicted molar refractivity (Wildman–Crippen MR) is 65.6 cm³/mol. The van der Waals surface area contributed by atoms with Crippen molar-refractivity contribution in [3.8, 4) is 0 Å². The fourth-order valence-electron chi connectivity index (χ4n) is 1.13. The van der Waals surface area contributed by atoms with E-state index < -0.39 is 0 Å². The van der Waals surface area contributed by atoms with Crippen molar-refractivity contribution in [2.75, 3.05) is 13.7 Å². The van der Waals surface area contributed by atoms with Gasteiger partial charge >= 0.3 is 5.97 Å². The van der Waals surface area contributed by atoms with Crippen LogP contribution in [0.1, 0.15) is 33.1 Å². The minimum absolute atomic E-state index is 0. The summed E-state index contributed by atoms with van der Waals surface area (Å²) in [5.74, 6) is -0.211. The number of ether oxygens (including phenoxy) is 1. The summed E-state index contributed by atoms with van der Waals surface area (Å²) >= 11 is 0. The molecule has 0 radical (unpaired) electrons. The zero-order valence-electron chi connectivity index (χ0n) is 9.84. The molecule has 0 aliphatic carbocycles. The van der Waals surface area contributed by atoms with Crippen LogP contribution in [0, 0.1) is 0 Å². The lowest BCUT2D eigenvalue weighted by Gasteiger charge is -2.06. The summed E-state index contributed by atoms with van der Waals surface area (Å²) in [5, 5.41) is 0. The van der Waals surface area contributed by atoms with Gasteiger partial charge in [-0.3, -0.25) is 0 Å². The first-order valence-electron chi connectivity index (χ1n) is 4.58. The number of unbranched alkanes of at least 4 members (excludes halogenated alkanes) is 1. The molecule has 0 amide bonds. The van der Waals surface area contributed by atoms with Crippen LogP contribution in [0.4, 0.5) is 0 Å². The van der Waals surface area contributed by atoms with E-state index in [1.54, 1.807) is 0 Å². The zero-order chi connectivity index (χ0) is 10.3. The Morgan fingerprint density at radius 2 is 1.80 bits per heavy atom. The monoisotopic (exact) mass is 238 g/mol. The molecular formula is C10H23ClN2O2. The van der Waals surface area contributed by atoms with Crippen molar-refractivity contribution in [3.05, 3.63) is 11.1 Å². The van der Waals surface area contributed by atoms with Gasteiger partial charge in [0, 0.05) is 5.57 Å². The lowest BCUT2D eigenvalue weighted by atomic mass is 10.0. The molecule has 0 atom stereocenters. The zero-order valence-corrected chi connectivity index (χ0v) is 10.7. The van der Waals surface area contributed by atoms with E-state index in [0.29, 0.717) is 6.54 Å². The molecule has 0 bridgehead atoms. The number of nitrogens with two attached hydrogens (primary N) is 1. The minimum Gasteiger partial charge on any atom is -0.466 e. The molecule has 0 aromatic rings. The van der Waals surface area contributed by atoms with Gasteiger partial charge in [-0.05, 0) is 39.7 Å². The van der Waals surface area contributed by atoms with Crippen molar-refractivity contribution in [2.45, 2.75) is 33.1 Å². The highest BCUT2D eigenvalue weighted by Crippen LogP contribution is 2.13. The van der Waals surface area contributed by atoms with Crippen LogP contribution in [-0.4, -0.2) is 19.6 Å². The fourth-order valence-corrected chi connectivity index (χ4v) is 1.13.